The maximum Gasteiger partial charge on any atom is 0.335 e. The van der Waals surface area contributed by atoms with E-state index in [1.807, 2.05) is 18.2 Å². The van der Waals surface area contributed by atoms with Crippen LogP contribution in [0.3, 0.4) is 0 Å². The number of hydrogen-bond donors (Lipinski definition) is 1. The maximum absolute atomic E-state index is 14.2. The number of halogens is 1. The zero-order valence-electron chi connectivity index (χ0n) is 22.4. The lowest BCUT2D eigenvalue weighted by Crippen LogP contribution is -2.33. The van der Waals surface area contributed by atoms with Crippen molar-refractivity contribution in [2.45, 2.75) is 38.6 Å². The van der Waals surface area contributed by atoms with Gasteiger partial charge in [-0.25, -0.2) is 19.0 Å². The van der Waals surface area contributed by atoms with Crippen molar-refractivity contribution in [3.05, 3.63) is 106 Å². The number of aromatic carboxylic acids is 1. The summed E-state index contributed by atoms with van der Waals surface area (Å²) in [4.78, 5) is 22.0. The third-order valence-corrected chi connectivity index (χ3v) is 7.68. The molecule has 1 saturated heterocycles. The molecule has 8 nitrogen and oxygen atoms in total. The molecule has 3 heterocycles. The first-order chi connectivity index (χ1) is 20.0. The molecule has 1 atom stereocenters. The first-order valence-corrected chi connectivity index (χ1v) is 13.6. The second-order valence-corrected chi connectivity index (χ2v) is 10.3. The number of carboxylic acid groups (broad SMARTS) is 1. The molecule has 0 spiro atoms. The van der Waals surface area contributed by atoms with E-state index < -0.39 is 11.8 Å². The molecule has 1 N–H and O–H groups in total. The molecule has 6 rings (SSSR count). The monoisotopic (exact) mass is 552 g/mol. The number of benzene rings is 3. The highest BCUT2D eigenvalue weighted by molar-refractivity contribution is 5.92. The van der Waals surface area contributed by atoms with Crippen LogP contribution in [0.1, 0.15) is 40.2 Å². The number of imidazole rings is 1. The molecule has 0 aliphatic carbocycles. The molecule has 4 aromatic rings. The molecule has 41 heavy (non-hydrogen) atoms. The Morgan fingerprint density at radius 2 is 2.07 bits per heavy atom. The van der Waals surface area contributed by atoms with E-state index in [0.29, 0.717) is 24.4 Å². The number of nitrogens with zero attached hydrogens (tertiary/aromatic N) is 4. The van der Waals surface area contributed by atoms with Gasteiger partial charge in [-0.3, -0.25) is 4.90 Å². The molecule has 208 valence electrons. The van der Waals surface area contributed by atoms with Gasteiger partial charge in [-0.15, -0.1) is 0 Å². The summed E-state index contributed by atoms with van der Waals surface area (Å²) in [7, 11) is 0. The Labute approximate surface area is 237 Å². The average molecular weight is 553 g/mol. The van der Waals surface area contributed by atoms with Gasteiger partial charge in [-0.05, 0) is 60.4 Å². The molecule has 0 saturated carbocycles. The fourth-order valence-corrected chi connectivity index (χ4v) is 5.25. The first-order valence-electron chi connectivity index (χ1n) is 13.6. The highest BCUT2D eigenvalue weighted by Crippen LogP contribution is 2.28. The third-order valence-electron chi connectivity index (χ3n) is 7.68. The summed E-state index contributed by atoms with van der Waals surface area (Å²) in [5, 5.41) is 9.49. The number of rotatable bonds is 9. The maximum atomic E-state index is 14.2. The lowest BCUT2D eigenvalue weighted by atomic mass is 9.99. The molecule has 1 fully saturated rings. The average Bonchev–Trinajstić information content (AvgIpc) is 3.30. The lowest BCUT2D eigenvalue weighted by Gasteiger charge is -2.29. The van der Waals surface area contributed by atoms with Gasteiger partial charge in [0.05, 0.1) is 42.4 Å². The van der Waals surface area contributed by atoms with Crippen molar-refractivity contribution in [1.82, 2.24) is 14.5 Å². The van der Waals surface area contributed by atoms with Crippen LogP contribution in [0.4, 0.5) is 10.1 Å². The quantitative estimate of drug-likeness (QED) is 0.254. The number of aromatic nitrogens is 2. The zero-order chi connectivity index (χ0) is 28.3. The van der Waals surface area contributed by atoms with Crippen molar-refractivity contribution < 1.29 is 23.8 Å². The van der Waals surface area contributed by atoms with Crippen LogP contribution in [0, 0.1) is 12.4 Å². The minimum atomic E-state index is -0.952. The molecule has 0 radical (unpaired) electrons. The molecule has 1 aromatic heterocycles. The number of carboxylic acids is 1. The number of hydrogen-bond acceptors (Lipinski definition) is 5. The van der Waals surface area contributed by atoms with Crippen LogP contribution in [0.15, 0.2) is 66.7 Å². The number of fused-ring (bicyclic) bond motifs is 1. The van der Waals surface area contributed by atoms with Gasteiger partial charge in [0.1, 0.15) is 24.0 Å². The van der Waals surface area contributed by atoms with Crippen molar-refractivity contribution in [3.63, 3.8) is 0 Å². The Morgan fingerprint density at radius 3 is 2.78 bits per heavy atom. The van der Waals surface area contributed by atoms with E-state index in [2.05, 4.69) is 26.5 Å². The molecule has 0 unspecified atom stereocenters. The van der Waals surface area contributed by atoms with E-state index in [1.165, 1.54) is 11.6 Å². The predicted octanol–water partition coefficient (Wildman–Crippen LogP) is 6.08. The zero-order valence-corrected chi connectivity index (χ0v) is 22.4. The molecular formula is C32H29FN4O4. The Kier molecular flexibility index (Phi) is 7.51. The molecule has 0 amide bonds. The Morgan fingerprint density at radius 1 is 1.20 bits per heavy atom. The van der Waals surface area contributed by atoms with Crippen LogP contribution in [-0.2, 0) is 24.4 Å². The van der Waals surface area contributed by atoms with E-state index in [-0.39, 0.29) is 24.0 Å². The normalized spacial score (nSPS) is 17.1. The fraction of sp³-hybridized carbons (Fsp3) is 0.281. The SMILES string of the molecule is [C-]#[N+]c1ccc(COc2cccc(C3=CCN(Cc4nc5ccc(C(=O)O)cc5n4C[C@@H]4CCO4)CC3)c2)c(F)c1. The predicted molar refractivity (Wildman–Crippen MR) is 152 cm³/mol. The molecule has 0 bridgehead atoms. The van der Waals surface area contributed by atoms with Crippen molar-refractivity contribution in [2.75, 3.05) is 19.7 Å². The second-order valence-electron chi connectivity index (χ2n) is 10.3. The molecule has 3 aromatic carbocycles. The highest BCUT2D eigenvalue weighted by atomic mass is 19.1. The molecule has 2 aliphatic rings. The van der Waals surface area contributed by atoms with Crippen LogP contribution in [-0.4, -0.2) is 51.3 Å². The summed E-state index contributed by atoms with van der Waals surface area (Å²) >= 11 is 0. The van der Waals surface area contributed by atoms with Crippen LogP contribution >= 0.6 is 0 Å². The fourth-order valence-electron chi connectivity index (χ4n) is 5.25. The van der Waals surface area contributed by atoms with Gasteiger partial charge in [0.15, 0.2) is 5.69 Å². The summed E-state index contributed by atoms with van der Waals surface area (Å²) in [6, 6.07) is 17.3. The Hall–Kier alpha value is -4.52. The van der Waals surface area contributed by atoms with Crippen molar-refractivity contribution >= 4 is 28.3 Å². The minimum Gasteiger partial charge on any atom is -0.489 e. The molecule has 2 aliphatic heterocycles. The topological polar surface area (TPSA) is 81.2 Å². The molecular weight excluding hydrogens is 523 g/mol. The largest absolute Gasteiger partial charge is 0.489 e. The smallest absolute Gasteiger partial charge is 0.335 e. The first kappa shape index (κ1) is 26.7. The minimum absolute atomic E-state index is 0.0846. The summed E-state index contributed by atoms with van der Waals surface area (Å²) in [5.74, 6) is 0.168. The van der Waals surface area contributed by atoms with E-state index in [0.717, 1.165) is 55.0 Å². The van der Waals surface area contributed by atoms with Gasteiger partial charge in [-0.2, -0.15) is 0 Å². The van der Waals surface area contributed by atoms with E-state index in [9.17, 15) is 14.3 Å². The molecule has 9 heteroatoms. The summed E-state index contributed by atoms with van der Waals surface area (Å²) in [6.07, 6.45) is 4.18. The van der Waals surface area contributed by atoms with Gasteiger partial charge < -0.3 is 19.1 Å². The van der Waals surface area contributed by atoms with Gasteiger partial charge in [0.25, 0.3) is 0 Å². The van der Waals surface area contributed by atoms with Gasteiger partial charge in [0, 0.05) is 25.3 Å². The van der Waals surface area contributed by atoms with Crippen molar-refractivity contribution in [1.29, 1.82) is 0 Å². The van der Waals surface area contributed by atoms with Crippen molar-refractivity contribution in [2.24, 2.45) is 0 Å². The number of carbonyl (C=O) groups is 1. The Balaban J connectivity index is 1.14. The van der Waals surface area contributed by atoms with Gasteiger partial charge in [0.2, 0.25) is 0 Å². The van der Waals surface area contributed by atoms with Crippen LogP contribution < -0.4 is 4.74 Å². The summed E-state index contributed by atoms with van der Waals surface area (Å²) in [6.45, 7) is 10.8. The number of ether oxygens (including phenoxy) is 2. The lowest BCUT2D eigenvalue weighted by molar-refractivity contribution is -0.0591. The van der Waals surface area contributed by atoms with Crippen LogP contribution in [0.2, 0.25) is 0 Å². The standard InChI is InChI=1S/C32H29FN4O4/c1-34-25-7-5-24(28(33)17-25)20-41-26-4-2-3-22(15-26)21-9-12-36(13-10-21)19-31-35-29-8-6-23(32(38)39)16-30(29)37(31)18-27-11-14-40-27/h2-9,15-17,27H,10-14,18-20H2,(H,38,39)/t27-/m0/s1. The highest BCUT2D eigenvalue weighted by Gasteiger charge is 2.24. The Bertz CT molecular complexity index is 1690. The summed E-state index contributed by atoms with van der Waals surface area (Å²) in [5.41, 5.74) is 4.83. The van der Waals surface area contributed by atoms with E-state index in [1.54, 1.807) is 30.3 Å². The second kappa shape index (κ2) is 11.5. The van der Waals surface area contributed by atoms with Crippen LogP contribution in [0.5, 0.6) is 5.75 Å². The third kappa shape index (κ3) is 5.85. The van der Waals surface area contributed by atoms with E-state index >= 15 is 0 Å². The van der Waals surface area contributed by atoms with Gasteiger partial charge >= 0.3 is 5.97 Å². The van der Waals surface area contributed by atoms with Crippen LogP contribution in [0.25, 0.3) is 21.5 Å². The van der Waals surface area contributed by atoms with Gasteiger partial charge in [-0.1, -0.05) is 30.3 Å². The van der Waals surface area contributed by atoms with Crippen molar-refractivity contribution in [3.8, 4) is 5.75 Å². The van der Waals surface area contributed by atoms with E-state index in [4.69, 9.17) is 21.0 Å². The summed E-state index contributed by atoms with van der Waals surface area (Å²) < 4.78 is 27.9.